The van der Waals surface area contributed by atoms with Crippen molar-refractivity contribution in [1.29, 1.82) is 0 Å². The van der Waals surface area contributed by atoms with E-state index in [0.29, 0.717) is 5.56 Å². The molecule has 2 aliphatic carbocycles. The molecule has 4 heteroatoms. The predicted molar refractivity (Wildman–Crippen MR) is 77.4 cm³/mol. The minimum Gasteiger partial charge on any atom is -0.345 e. The van der Waals surface area contributed by atoms with Crippen molar-refractivity contribution in [1.82, 2.24) is 4.90 Å². The Morgan fingerprint density at radius 3 is 2.20 bits per heavy atom. The van der Waals surface area contributed by atoms with Gasteiger partial charge in [-0.2, -0.15) is 0 Å². The summed E-state index contributed by atoms with van der Waals surface area (Å²) in [6.07, 6.45) is 3.42. The number of carbonyl (C=O) groups is 2. The van der Waals surface area contributed by atoms with E-state index in [1.165, 1.54) is 6.42 Å². The summed E-state index contributed by atoms with van der Waals surface area (Å²) in [5, 5.41) is 2.96. The third-order valence-corrected chi connectivity index (χ3v) is 4.42. The molecule has 20 heavy (non-hydrogen) atoms. The van der Waals surface area contributed by atoms with Crippen LogP contribution in [-0.4, -0.2) is 30.8 Å². The van der Waals surface area contributed by atoms with Crippen LogP contribution < -0.4 is 5.32 Å². The number of carbonyl (C=O) groups excluding carboxylic acids is 2. The molecule has 4 nitrogen and oxygen atoms in total. The number of hydrogen-bond acceptors (Lipinski definition) is 2. The summed E-state index contributed by atoms with van der Waals surface area (Å²) in [4.78, 5) is 25.4. The molecule has 2 aliphatic rings. The van der Waals surface area contributed by atoms with E-state index >= 15 is 0 Å². The highest BCUT2D eigenvalue weighted by Gasteiger charge is 2.47. The fourth-order valence-electron chi connectivity index (χ4n) is 3.13. The van der Waals surface area contributed by atoms with Gasteiger partial charge in [-0.1, -0.05) is 0 Å². The van der Waals surface area contributed by atoms with Crippen LogP contribution in [0.3, 0.4) is 0 Å². The molecule has 2 unspecified atom stereocenters. The SMILES string of the molecule is CN(C)C(=O)c1ccc(NC(=O)C2CC3CC3C2)cc1. The van der Waals surface area contributed by atoms with Crippen LogP contribution in [0.25, 0.3) is 0 Å². The average molecular weight is 272 g/mol. The smallest absolute Gasteiger partial charge is 0.253 e. The Balaban J connectivity index is 1.60. The van der Waals surface area contributed by atoms with Crippen molar-refractivity contribution in [3.63, 3.8) is 0 Å². The number of nitrogens with one attached hydrogen (secondary N) is 1. The van der Waals surface area contributed by atoms with Gasteiger partial charge in [0.1, 0.15) is 0 Å². The predicted octanol–water partition coefficient (Wildman–Crippen LogP) is 2.37. The maximum Gasteiger partial charge on any atom is 0.253 e. The maximum atomic E-state index is 12.1. The van der Waals surface area contributed by atoms with Crippen molar-refractivity contribution in [3.05, 3.63) is 29.8 Å². The highest BCUT2D eigenvalue weighted by atomic mass is 16.2. The Kier molecular flexibility index (Phi) is 3.24. The van der Waals surface area contributed by atoms with Crippen molar-refractivity contribution in [2.24, 2.45) is 17.8 Å². The number of anilines is 1. The molecular formula is C16H20N2O2. The van der Waals surface area contributed by atoms with Crippen molar-refractivity contribution in [3.8, 4) is 0 Å². The topological polar surface area (TPSA) is 49.4 Å². The number of nitrogens with zero attached hydrogens (tertiary/aromatic N) is 1. The Bertz CT molecular complexity index is 526. The number of amides is 2. The molecule has 1 aromatic rings. The molecule has 0 bridgehead atoms. The van der Waals surface area contributed by atoms with Gasteiger partial charge < -0.3 is 10.2 Å². The van der Waals surface area contributed by atoms with E-state index in [1.807, 2.05) is 0 Å². The Labute approximate surface area is 119 Å². The highest BCUT2D eigenvalue weighted by molar-refractivity contribution is 5.96. The van der Waals surface area contributed by atoms with Crippen molar-refractivity contribution in [2.45, 2.75) is 19.3 Å². The van der Waals surface area contributed by atoms with Gasteiger partial charge in [-0.25, -0.2) is 0 Å². The lowest BCUT2D eigenvalue weighted by molar-refractivity contribution is -0.120. The monoisotopic (exact) mass is 272 g/mol. The van der Waals surface area contributed by atoms with Gasteiger partial charge >= 0.3 is 0 Å². The zero-order chi connectivity index (χ0) is 14.3. The summed E-state index contributed by atoms with van der Waals surface area (Å²) < 4.78 is 0. The summed E-state index contributed by atoms with van der Waals surface area (Å²) >= 11 is 0. The van der Waals surface area contributed by atoms with E-state index in [-0.39, 0.29) is 17.7 Å². The molecule has 2 atom stereocenters. The quantitative estimate of drug-likeness (QED) is 0.918. The Morgan fingerprint density at radius 1 is 1.05 bits per heavy atom. The third-order valence-electron chi connectivity index (χ3n) is 4.42. The lowest BCUT2D eigenvalue weighted by atomic mass is 10.0. The molecule has 106 valence electrons. The van der Waals surface area contributed by atoms with Crippen molar-refractivity contribution >= 4 is 17.5 Å². The molecule has 0 aromatic heterocycles. The normalized spacial score (nSPS) is 26.8. The van der Waals surface area contributed by atoms with E-state index < -0.39 is 0 Å². The number of hydrogen-bond donors (Lipinski definition) is 1. The van der Waals surface area contributed by atoms with E-state index in [0.717, 1.165) is 30.4 Å². The van der Waals surface area contributed by atoms with Crippen LogP contribution in [0.4, 0.5) is 5.69 Å². The summed E-state index contributed by atoms with van der Waals surface area (Å²) in [5.41, 5.74) is 1.40. The van der Waals surface area contributed by atoms with Crippen LogP contribution >= 0.6 is 0 Å². The fourth-order valence-corrected chi connectivity index (χ4v) is 3.13. The van der Waals surface area contributed by atoms with E-state index in [4.69, 9.17) is 0 Å². The molecule has 3 rings (SSSR count). The lowest BCUT2D eigenvalue weighted by Gasteiger charge is -2.13. The first-order valence-corrected chi connectivity index (χ1v) is 7.17. The molecule has 0 saturated heterocycles. The highest BCUT2D eigenvalue weighted by Crippen LogP contribution is 2.54. The van der Waals surface area contributed by atoms with Gasteiger partial charge in [-0.15, -0.1) is 0 Å². The van der Waals surface area contributed by atoms with Crippen molar-refractivity contribution in [2.75, 3.05) is 19.4 Å². The molecule has 0 heterocycles. The molecule has 0 radical (unpaired) electrons. The Hall–Kier alpha value is -1.84. The molecule has 0 aliphatic heterocycles. The average Bonchev–Trinajstić information content (AvgIpc) is 3.05. The van der Waals surface area contributed by atoms with Gasteiger partial charge in [0.05, 0.1) is 0 Å². The second-order valence-electron chi connectivity index (χ2n) is 6.19. The van der Waals surface area contributed by atoms with Gasteiger partial charge in [0.25, 0.3) is 5.91 Å². The first kappa shape index (κ1) is 13.2. The summed E-state index contributed by atoms with van der Waals surface area (Å²) in [6, 6.07) is 7.10. The summed E-state index contributed by atoms with van der Waals surface area (Å²) in [5.74, 6) is 1.90. The first-order chi connectivity index (χ1) is 9.54. The minimum atomic E-state index is -0.0289. The molecule has 0 spiro atoms. The number of benzene rings is 1. The molecule has 2 fully saturated rings. The van der Waals surface area contributed by atoms with Crippen LogP contribution in [-0.2, 0) is 4.79 Å². The van der Waals surface area contributed by atoms with E-state index in [9.17, 15) is 9.59 Å². The van der Waals surface area contributed by atoms with E-state index in [1.54, 1.807) is 43.3 Å². The zero-order valence-corrected chi connectivity index (χ0v) is 11.9. The van der Waals surface area contributed by atoms with Crippen LogP contribution in [0.5, 0.6) is 0 Å². The second kappa shape index (κ2) is 4.93. The maximum absolute atomic E-state index is 12.1. The number of rotatable bonds is 3. The lowest BCUT2D eigenvalue weighted by Crippen LogP contribution is -2.22. The van der Waals surface area contributed by atoms with Gasteiger partial charge in [0, 0.05) is 31.3 Å². The van der Waals surface area contributed by atoms with Gasteiger partial charge in [0.2, 0.25) is 5.91 Å². The summed E-state index contributed by atoms with van der Waals surface area (Å²) in [7, 11) is 3.45. The van der Waals surface area contributed by atoms with Gasteiger partial charge in [-0.3, -0.25) is 9.59 Å². The van der Waals surface area contributed by atoms with Gasteiger partial charge in [0.15, 0.2) is 0 Å². The molecule has 2 saturated carbocycles. The van der Waals surface area contributed by atoms with Crippen LogP contribution in [0.2, 0.25) is 0 Å². The molecular weight excluding hydrogens is 252 g/mol. The summed E-state index contributed by atoms with van der Waals surface area (Å²) in [6.45, 7) is 0. The molecule has 1 N–H and O–H groups in total. The van der Waals surface area contributed by atoms with Crippen molar-refractivity contribution < 1.29 is 9.59 Å². The minimum absolute atomic E-state index is 0.0289. The standard InChI is InChI=1S/C16H20N2O2/c1-18(2)16(20)10-3-5-14(6-4-10)17-15(19)13-8-11-7-12(11)9-13/h3-6,11-13H,7-9H2,1-2H3,(H,17,19). The second-order valence-corrected chi connectivity index (χ2v) is 6.19. The number of fused-ring (bicyclic) bond motifs is 1. The van der Waals surface area contributed by atoms with Crippen LogP contribution in [0, 0.1) is 17.8 Å². The fraction of sp³-hybridized carbons (Fsp3) is 0.500. The van der Waals surface area contributed by atoms with Crippen LogP contribution in [0.15, 0.2) is 24.3 Å². The Morgan fingerprint density at radius 2 is 1.65 bits per heavy atom. The molecule has 1 aromatic carbocycles. The molecule has 2 amide bonds. The van der Waals surface area contributed by atoms with Gasteiger partial charge in [-0.05, 0) is 55.4 Å². The largest absolute Gasteiger partial charge is 0.345 e. The zero-order valence-electron chi connectivity index (χ0n) is 11.9. The third kappa shape index (κ3) is 2.55. The van der Waals surface area contributed by atoms with Crippen LogP contribution in [0.1, 0.15) is 29.6 Å². The van der Waals surface area contributed by atoms with E-state index in [2.05, 4.69) is 5.32 Å². The first-order valence-electron chi connectivity index (χ1n) is 7.17.